The van der Waals surface area contributed by atoms with Crippen molar-refractivity contribution in [3.05, 3.63) is 15.4 Å². The minimum Gasteiger partial charge on any atom is -0.317 e. The summed E-state index contributed by atoms with van der Waals surface area (Å²) in [7, 11) is 0. The molecule has 1 aliphatic rings. The van der Waals surface area contributed by atoms with Crippen LogP contribution in [0, 0.1) is 0 Å². The van der Waals surface area contributed by atoms with Crippen LogP contribution in [-0.2, 0) is 4.79 Å². The number of amides is 1. The molecule has 0 atom stereocenters. The molecule has 0 bridgehead atoms. The molecule has 7 heteroatoms. The number of nitrogens with two attached hydrogens (primary N) is 1. The van der Waals surface area contributed by atoms with Crippen molar-refractivity contribution in [1.82, 2.24) is 9.97 Å². The molecule has 0 radical (unpaired) electrons. The smallest absolute Gasteiger partial charge is 0.245 e. The summed E-state index contributed by atoms with van der Waals surface area (Å²) in [6.07, 6.45) is 3.96. The zero-order valence-electron chi connectivity index (χ0n) is 8.33. The molecule has 1 amide bonds. The Hall–Kier alpha value is -0.530. The third kappa shape index (κ3) is 2.26. The van der Waals surface area contributed by atoms with Crippen molar-refractivity contribution in [2.75, 3.05) is 5.32 Å². The number of carbonyl (C=O) groups excluding carboxylic acids is 1. The van der Waals surface area contributed by atoms with Crippen LogP contribution in [0.4, 0.5) is 5.82 Å². The van der Waals surface area contributed by atoms with E-state index < -0.39 is 5.54 Å². The molecule has 0 aliphatic heterocycles. The quantitative estimate of drug-likeness (QED) is 0.853. The van der Waals surface area contributed by atoms with Crippen molar-refractivity contribution < 1.29 is 4.79 Å². The Bertz CT molecular complexity index is 434. The van der Waals surface area contributed by atoms with Crippen molar-refractivity contribution in [3.63, 3.8) is 0 Å². The van der Waals surface area contributed by atoms with Gasteiger partial charge in [-0.1, -0.05) is 0 Å². The fourth-order valence-corrected chi connectivity index (χ4v) is 2.36. The van der Waals surface area contributed by atoms with Gasteiger partial charge in [-0.15, -0.1) is 0 Å². The number of halogens is 2. The number of nitrogens with one attached hydrogen (secondary N) is 1. The van der Waals surface area contributed by atoms with E-state index in [9.17, 15) is 4.79 Å². The zero-order valence-corrected chi connectivity index (χ0v) is 11.5. The molecule has 0 spiro atoms. The number of nitrogens with zero attached hydrogens (tertiary/aromatic N) is 2. The molecule has 1 fully saturated rings. The normalized spacial score (nSPS) is 17.7. The van der Waals surface area contributed by atoms with Gasteiger partial charge in [-0.25, -0.2) is 9.97 Å². The zero-order chi connectivity index (χ0) is 11.8. The van der Waals surface area contributed by atoms with Gasteiger partial charge in [-0.2, -0.15) is 0 Å². The summed E-state index contributed by atoms with van der Waals surface area (Å²) in [6.45, 7) is 0. The minimum atomic E-state index is -0.728. The van der Waals surface area contributed by atoms with Gasteiger partial charge < -0.3 is 11.1 Å². The standard InChI is InChI=1S/C9H10Br2N4O/c10-5-4-13-7(6(11)14-5)15-8(16)9(12)2-1-3-9/h4H,1-3,12H2,(H,13,15,16). The van der Waals surface area contributed by atoms with Crippen LogP contribution in [0.15, 0.2) is 15.4 Å². The maximum absolute atomic E-state index is 11.8. The summed E-state index contributed by atoms with van der Waals surface area (Å²) in [6, 6.07) is 0. The van der Waals surface area contributed by atoms with Crippen molar-refractivity contribution in [2.24, 2.45) is 5.73 Å². The van der Waals surface area contributed by atoms with Gasteiger partial charge in [0.1, 0.15) is 9.21 Å². The van der Waals surface area contributed by atoms with E-state index in [1.807, 2.05) is 0 Å². The van der Waals surface area contributed by atoms with Crippen molar-refractivity contribution in [2.45, 2.75) is 24.8 Å². The van der Waals surface area contributed by atoms with E-state index >= 15 is 0 Å². The maximum atomic E-state index is 11.8. The fourth-order valence-electron chi connectivity index (χ4n) is 1.45. The summed E-state index contributed by atoms with van der Waals surface area (Å²) in [5.74, 6) is 0.195. The van der Waals surface area contributed by atoms with Gasteiger partial charge >= 0.3 is 0 Å². The predicted octanol–water partition coefficient (Wildman–Crippen LogP) is 1.82. The van der Waals surface area contributed by atoms with E-state index in [2.05, 4.69) is 47.1 Å². The molecule has 2 rings (SSSR count). The highest BCUT2D eigenvalue weighted by Crippen LogP contribution is 2.30. The molecule has 16 heavy (non-hydrogen) atoms. The third-order valence-electron chi connectivity index (χ3n) is 2.63. The lowest BCUT2D eigenvalue weighted by molar-refractivity contribution is -0.123. The Morgan fingerprint density at radius 3 is 2.69 bits per heavy atom. The highest BCUT2D eigenvalue weighted by molar-refractivity contribution is 9.11. The first-order chi connectivity index (χ1) is 7.51. The first-order valence-corrected chi connectivity index (χ1v) is 6.38. The highest BCUT2D eigenvalue weighted by Gasteiger charge is 2.40. The summed E-state index contributed by atoms with van der Waals surface area (Å²) < 4.78 is 1.08. The minimum absolute atomic E-state index is 0.198. The van der Waals surface area contributed by atoms with Gasteiger partial charge in [0, 0.05) is 0 Å². The number of rotatable bonds is 2. The maximum Gasteiger partial charge on any atom is 0.245 e. The van der Waals surface area contributed by atoms with Gasteiger partial charge in [0.15, 0.2) is 5.82 Å². The second-order valence-electron chi connectivity index (χ2n) is 3.80. The van der Waals surface area contributed by atoms with E-state index in [-0.39, 0.29) is 5.91 Å². The van der Waals surface area contributed by atoms with E-state index in [1.165, 1.54) is 6.20 Å². The van der Waals surface area contributed by atoms with E-state index in [1.54, 1.807) is 0 Å². The molecule has 0 aromatic carbocycles. The monoisotopic (exact) mass is 348 g/mol. The van der Waals surface area contributed by atoms with E-state index in [0.717, 1.165) is 19.3 Å². The Kier molecular flexibility index (Phi) is 3.27. The van der Waals surface area contributed by atoms with Gasteiger partial charge in [-0.3, -0.25) is 4.79 Å². The highest BCUT2D eigenvalue weighted by atomic mass is 79.9. The number of aromatic nitrogens is 2. The van der Waals surface area contributed by atoms with Crippen LogP contribution in [0.3, 0.4) is 0 Å². The number of hydrogen-bond acceptors (Lipinski definition) is 4. The Morgan fingerprint density at radius 2 is 2.19 bits per heavy atom. The molecule has 0 saturated heterocycles. The number of hydrogen-bond donors (Lipinski definition) is 2. The van der Waals surface area contributed by atoms with Crippen LogP contribution < -0.4 is 11.1 Å². The summed E-state index contributed by atoms with van der Waals surface area (Å²) in [5, 5.41) is 2.67. The molecule has 86 valence electrons. The van der Waals surface area contributed by atoms with Crippen LogP contribution in [0.1, 0.15) is 19.3 Å². The predicted molar refractivity (Wildman–Crippen MR) is 66.8 cm³/mol. The first kappa shape index (κ1) is 11.9. The lowest BCUT2D eigenvalue weighted by Gasteiger charge is -2.35. The second kappa shape index (κ2) is 4.38. The SMILES string of the molecule is NC1(C(=O)Nc2ncc(Br)nc2Br)CCC1. The van der Waals surface area contributed by atoms with Crippen LogP contribution in [-0.4, -0.2) is 21.4 Å². The average Bonchev–Trinajstić information content (AvgIpc) is 2.18. The lowest BCUT2D eigenvalue weighted by atomic mass is 9.77. The second-order valence-corrected chi connectivity index (χ2v) is 5.36. The van der Waals surface area contributed by atoms with Crippen LogP contribution in [0.25, 0.3) is 0 Å². The molecule has 5 nitrogen and oxygen atoms in total. The molecule has 1 aliphatic carbocycles. The van der Waals surface area contributed by atoms with Crippen LogP contribution in [0.2, 0.25) is 0 Å². The van der Waals surface area contributed by atoms with E-state index in [4.69, 9.17) is 5.73 Å². The molecular weight excluding hydrogens is 340 g/mol. The fraction of sp³-hybridized carbons (Fsp3) is 0.444. The number of carbonyl (C=O) groups is 1. The lowest BCUT2D eigenvalue weighted by Crippen LogP contribution is -2.56. The average molecular weight is 350 g/mol. The largest absolute Gasteiger partial charge is 0.317 e. The third-order valence-corrected chi connectivity index (χ3v) is 3.57. The molecule has 1 aromatic rings. The molecule has 0 unspecified atom stereocenters. The Labute approximate surface area is 109 Å². The van der Waals surface area contributed by atoms with Crippen LogP contribution >= 0.6 is 31.9 Å². The Balaban J connectivity index is 2.12. The van der Waals surface area contributed by atoms with Crippen LogP contribution in [0.5, 0.6) is 0 Å². The van der Waals surface area contributed by atoms with E-state index in [0.29, 0.717) is 15.0 Å². The van der Waals surface area contributed by atoms with Gasteiger partial charge in [-0.05, 0) is 51.1 Å². The molecule has 3 N–H and O–H groups in total. The van der Waals surface area contributed by atoms with Gasteiger partial charge in [0.25, 0.3) is 0 Å². The summed E-state index contributed by atoms with van der Waals surface area (Å²) in [4.78, 5) is 19.9. The molecule has 1 saturated carbocycles. The van der Waals surface area contributed by atoms with Crippen molar-refractivity contribution in [3.8, 4) is 0 Å². The molecular formula is C9H10Br2N4O. The summed E-state index contributed by atoms with van der Waals surface area (Å²) in [5.41, 5.74) is 5.16. The Morgan fingerprint density at radius 1 is 1.50 bits per heavy atom. The molecule has 1 heterocycles. The van der Waals surface area contributed by atoms with Crippen molar-refractivity contribution >= 4 is 43.6 Å². The van der Waals surface area contributed by atoms with Gasteiger partial charge in [0.2, 0.25) is 5.91 Å². The first-order valence-electron chi connectivity index (χ1n) is 4.80. The number of anilines is 1. The van der Waals surface area contributed by atoms with Crippen molar-refractivity contribution in [1.29, 1.82) is 0 Å². The molecule has 1 aromatic heterocycles. The van der Waals surface area contributed by atoms with Gasteiger partial charge in [0.05, 0.1) is 11.7 Å². The topological polar surface area (TPSA) is 80.9 Å². The summed E-state index contributed by atoms with van der Waals surface area (Å²) >= 11 is 6.41.